The molecule has 3 aromatic carbocycles. The van der Waals surface area contributed by atoms with Gasteiger partial charge >= 0.3 is 0 Å². The van der Waals surface area contributed by atoms with Crippen LogP contribution in [0.15, 0.2) is 48.5 Å². The Kier molecular flexibility index (Phi) is 3.32. The normalized spacial score (nSPS) is 10.8. The maximum atomic E-state index is 11.5. The Morgan fingerprint density at radius 3 is 2.65 bits per heavy atom. The monoisotopic (exact) mass is 329 g/mol. The number of hydrogen-bond donors (Lipinski definition) is 1. The number of nitrogens with two attached hydrogens (primary N) is 1. The number of carbonyl (C=O) groups excluding carboxylic acids is 1. The zero-order valence-corrected chi connectivity index (χ0v) is 12.2. The molecule has 20 heavy (non-hydrogen) atoms. The molecule has 100 valence electrons. The molecule has 0 aliphatic rings. The van der Waals surface area contributed by atoms with E-state index in [1.165, 1.54) is 0 Å². The molecule has 0 saturated carbocycles. The summed E-state index contributed by atoms with van der Waals surface area (Å²) in [4.78, 5) is 11.5. The van der Waals surface area contributed by atoms with Gasteiger partial charge in [-0.2, -0.15) is 0 Å². The number of ether oxygens (including phenoxy) is 1. The number of carbonyl (C=O) groups is 1. The zero-order valence-electron chi connectivity index (χ0n) is 10.6. The lowest BCUT2D eigenvalue weighted by atomic mass is 9.99. The molecule has 0 aromatic heterocycles. The molecule has 0 aliphatic carbocycles. The topological polar surface area (TPSA) is 52.3 Å². The lowest BCUT2D eigenvalue weighted by molar-refractivity contribution is 0.100. The van der Waals surface area contributed by atoms with Crippen molar-refractivity contribution in [2.75, 3.05) is 5.52 Å². The van der Waals surface area contributed by atoms with E-state index in [-0.39, 0.29) is 0 Å². The fraction of sp³-hybridized carbons (Fsp3) is 0.0625. The molecular weight excluding hydrogens is 318 g/mol. The summed E-state index contributed by atoms with van der Waals surface area (Å²) in [6, 6.07) is 15.5. The van der Waals surface area contributed by atoms with E-state index in [1.54, 1.807) is 6.07 Å². The van der Waals surface area contributed by atoms with Crippen molar-refractivity contribution in [3.8, 4) is 5.75 Å². The van der Waals surface area contributed by atoms with Gasteiger partial charge in [-0.05, 0) is 67.8 Å². The van der Waals surface area contributed by atoms with E-state index in [9.17, 15) is 4.79 Å². The zero-order chi connectivity index (χ0) is 14.1. The van der Waals surface area contributed by atoms with Gasteiger partial charge in [-0.1, -0.05) is 18.2 Å². The molecule has 3 nitrogen and oxygen atoms in total. The lowest BCUT2D eigenvalue weighted by Gasteiger charge is -2.08. The Bertz CT molecular complexity index is 814. The Labute approximate surface area is 124 Å². The van der Waals surface area contributed by atoms with Gasteiger partial charge < -0.3 is 10.5 Å². The van der Waals surface area contributed by atoms with Crippen LogP contribution in [0.25, 0.3) is 21.5 Å². The van der Waals surface area contributed by atoms with Gasteiger partial charge in [-0.25, -0.2) is 0 Å². The first-order chi connectivity index (χ1) is 9.69. The van der Waals surface area contributed by atoms with Gasteiger partial charge in [-0.3, -0.25) is 4.79 Å². The highest BCUT2D eigenvalue weighted by Crippen LogP contribution is 2.28. The quantitative estimate of drug-likeness (QED) is 0.586. The van der Waals surface area contributed by atoms with E-state index in [0.29, 0.717) is 11.1 Å². The molecule has 0 atom stereocenters. The molecule has 0 unspecified atom stereocenters. The number of halogens is 1. The Hall–Kier alpha value is -2.07. The summed E-state index contributed by atoms with van der Waals surface area (Å²) in [5.74, 6) is 0.397. The Morgan fingerprint density at radius 2 is 1.90 bits per heavy atom. The van der Waals surface area contributed by atoms with Crippen LogP contribution >= 0.6 is 15.9 Å². The second-order valence-electron chi connectivity index (χ2n) is 4.51. The van der Waals surface area contributed by atoms with Crippen molar-refractivity contribution in [1.29, 1.82) is 0 Å². The first kappa shape index (κ1) is 12.9. The maximum absolute atomic E-state index is 11.5. The second-order valence-corrected chi connectivity index (χ2v) is 4.96. The van der Waals surface area contributed by atoms with Gasteiger partial charge in [0, 0.05) is 5.56 Å². The number of alkyl halides is 1. The summed E-state index contributed by atoms with van der Waals surface area (Å²) in [6.07, 6.45) is 0. The third-order valence-corrected chi connectivity index (χ3v) is 3.52. The predicted octanol–water partition coefficient (Wildman–Crippen LogP) is 3.82. The molecule has 0 fully saturated rings. The van der Waals surface area contributed by atoms with Gasteiger partial charge in [0.15, 0.2) is 0 Å². The van der Waals surface area contributed by atoms with Crippen LogP contribution in [0.1, 0.15) is 10.4 Å². The minimum absolute atomic E-state index is 0.408. The van der Waals surface area contributed by atoms with Crippen molar-refractivity contribution < 1.29 is 9.53 Å². The summed E-state index contributed by atoms with van der Waals surface area (Å²) in [5.41, 5.74) is 6.43. The van der Waals surface area contributed by atoms with Crippen LogP contribution in [0.3, 0.4) is 0 Å². The van der Waals surface area contributed by atoms with E-state index < -0.39 is 5.91 Å². The van der Waals surface area contributed by atoms with Crippen LogP contribution < -0.4 is 10.5 Å². The van der Waals surface area contributed by atoms with Gasteiger partial charge in [0.25, 0.3) is 0 Å². The molecule has 3 rings (SSSR count). The number of hydrogen-bond acceptors (Lipinski definition) is 2. The van der Waals surface area contributed by atoms with E-state index in [2.05, 4.69) is 15.9 Å². The molecule has 4 heteroatoms. The molecule has 0 aliphatic heterocycles. The van der Waals surface area contributed by atoms with Crippen molar-refractivity contribution >= 4 is 43.4 Å². The van der Waals surface area contributed by atoms with Crippen LogP contribution in [0.5, 0.6) is 5.75 Å². The number of amides is 1. The van der Waals surface area contributed by atoms with Crippen LogP contribution in [0.4, 0.5) is 0 Å². The molecule has 0 radical (unpaired) electrons. The lowest BCUT2D eigenvalue weighted by Crippen LogP contribution is -2.11. The van der Waals surface area contributed by atoms with Crippen molar-refractivity contribution in [2.45, 2.75) is 0 Å². The smallest absolute Gasteiger partial charge is 0.249 e. The Morgan fingerprint density at radius 1 is 1.05 bits per heavy atom. The van der Waals surface area contributed by atoms with Crippen molar-refractivity contribution in [1.82, 2.24) is 0 Å². The molecule has 2 N–H and O–H groups in total. The highest BCUT2D eigenvalue weighted by atomic mass is 79.9. The highest BCUT2D eigenvalue weighted by Gasteiger charge is 2.07. The second kappa shape index (κ2) is 5.13. The third kappa shape index (κ3) is 2.23. The summed E-state index contributed by atoms with van der Waals surface area (Å²) < 4.78 is 5.43. The molecule has 0 bridgehead atoms. The van der Waals surface area contributed by atoms with E-state index in [0.717, 1.165) is 27.3 Å². The number of rotatable bonds is 3. The van der Waals surface area contributed by atoms with Gasteiger partial charge in [0.05, 0.1) is 0 Å². The average molecular weight is 330 g/mol. The van der Waals surface area contributed by atoms with Crippen molar-refractivity contribution in [3.05, 3.63) is 54.1 Å². The van der Waals surface area contributed by atoms with Crippen molar-refractivity contribution in [3.63, 3.8) is 0 Å². The number of primary amides is 1. The van der Waals surface area contributed by atoms with Gasteiger partial charge in [-0.15, -0.1) is 0 Å². The number of fused-ring (bicyclic) bond motifs is 2. The molecule has 0 heterocycles. The summed E-state index contributed by atoms with van der Waals surface area (Å²) >= 11 is 3.24. The summed E-state index contributed by atoms with van der Waals surface area (Å²) in [7, 11) is 0. The van der Waals surface area contributed by atoms with E-state index in [1.807, 2.05) is 42.5 Å². The van der Waals surface area contributed by atoms with Crippen LogP contribution in [0.2, 0.25) is 0 Å². The highest BCUT2D eigenvalue weighted by molar-refractivity contribution is 9.09. The molecular formula is C16H12BrNO2. The first-order valence-corrected chi connectivity index (χ1v) is 7.26. The van der Waals surface area contributed by atoms with Gasteiger partial charge in [0.1, 0.15) is 11.3 Å². The molecule has 0 spiro atoms. The fourth-order valence-corrected chi connectivity index (χ4v) is 2.63. The predicted molar refractivity (Wildman–Crippen MR) is 84.4 cm³/mol. The largest absolute Gasteiger partial charge is 0.482 e. The fourth-order valence-electron chi connectivity index (χ4n) is 2.37. The minimum Gasteiger partial charge on any atom is -0.482 e. The summed E-state index contributed by atoms with van der Waals surface area (Å²) in [5, 5.41) is 3.98. The van der Waals surface area contributed by atoms with Crippen LogP contribution in [-0.4, -0.2) is 11.4 Å². The van der Waals surface area contributed by atoms with E-state index in [4.69, 9.17) is 10.5 Å². The SMILES string of the molecule is NC(=O)c1cccc2cc3cc(OCBr)ccc3cc12. The first-order valence-electron chi connectivity index (χ1n) is 6.14. The van der Waals surface area contributed by atoms with E-state index >= 15 is 0 Å². The molecule has 3 aromatic rings. The molecule has 1 amide bonds. The third-order valence-electron chi connectivity index (χ3n) is 3.30. The Balaban J connectivity index is 2.28. The summed E-state index contributed by atoms with van der Waals surface area (Å²) in [6.45, 7) is 0. The maximum Gasteiger partial charge on any atom is 0.249 e. The standard InChI is InChI=1S/C16H12BrNO2/c17-9-20-13-5-4-10-8-15-11(6-12(10)7-13)2-1-3-14(15)16(18)19/h1-8H,9H2,(H2,18,19). The molecule has 0 saturated heterocycles. The van der Waals surface area contributed by atoms with Crippen LogP contribution in [0, 0.1) is 0 Å². The van der Waals surface area contributed by atoms with Crippen molar-refractivity contribution in [2.24, 2.45) is 5.73 Å². The average Bonchev–Trinajstić information content (AvgIpc) is 2.44. The van der Waals surface area contributed by atoms with Gasteiger partial charge in [0.2, 0.25) is 5.91 Å². The van der Waals surface area contributed by atoms with Crippen LogP contribution in [-0.2, 0) is 0 Å². The number of benzene rings is 3. The minimum atomic E-state index is -0.408.